The maximum Gasteiger partial charge on any atom is 0.228 e. The van der Waals surface area contributed by atoms with Crippen LogP contribution in [0.3, 0.4) is 0 Å². The van der Waals surface area contributed by atoms with Crippen molar-refractivity contribution in [2.45, 2.75) is 33.2 Å². The maximum absolute atomic E-state index is 12.0. The Hall–Kier alpha value is -3.26. The van der Waals surface area contributed by atoms with Crippen LogP contribution in [0, 0.1) is 13.8 Å². The molecule has 4 heterocycles. The van der Waals surface area contributed by atoms with Crippen molar-refractivity contribution >= 4 is 17.4 Å². The number of anilines is 2. The third-order valence-corrected chi connectivity index (χ3v) is 6.17. The molecule has 1 amide bonds. The van der Waals surface area contributed by atoms with Gasteiger partial charge >= 0.3 is 0 Å². The highest BCUT2D eigenvalue weighted by molar-refractivity contribution is 6.01. The zero-order valence-electron chi connectivity index (χ0n) is 18.3. The summed E-state index contributed by atoms with van der Waals surface area (Å²) in [5.41, 5.74) is 6.53. The van der Waals surface area contributed by atoms with Crippen molar-refractivity contribution in [1.29, 1.82) is 0 Å². The molecule has 0 bridgehead atoms. The zero-order valence-corrected chi connectivity index (χ0v) is 18.3. The molecule has 0 spiro atoms. The van der Waals surface area contributed by atoms with Gasteiger partial charge in [0.2, 0.25) is 5.91 Å². The minimum Gasteiger partial charge on any atom is -0.377 e. The predicted octanol–water partition coefficient (Wildman–Crippen LogP) is 2.88. The SMILES string of the molecule is Cc1nn(C)c(C)c1-c1cc(N2CCOC[C@H]2C)nc(-c2cccc3c2CC(=O)N3)n1. The van der Waals surface area contributed by atoms with Crippen LogP contribution in [-0.4, -0.2) is 51.5 Å². The molecular weight excluding hydrogens is 392 g/mol. The Labute approximate surface area is 181 Å². The van der Waals surface area contributed by atoms with E-state index in [0.29, 0.717) is 25.5 Å². The molecule has 0 unspecified atom stereocenters. The molecule has 0 radical (unpaired) electrons. The fourth-order valence-corrected chi connectivity index (χ4v) is 4.50. The van der Waals surface area contributed by atoms with E-state index in [1.807, 2.05) is 36.9 Å². The fraction of sp³-hybridized carbons (Fsp3) is 0.391. The lowest BCUT2D eigenvalue weighted by Gasteiger charge is -2.34. The Morgan fingerprint density at radius 2 is 2.06 bits per heavy atom. The number of benzene rings is 1. The van der Waals surface area contributed by atoms with E-state index in [0.717, 1.165) is 51.8 Å². The lowest BCUT2D eigenvalue weighted by molar-refractivity contribution is -0.115. The van der Waals surface area contributed by atoms with E-state index in [1.54, 1.807) is 0 Å². The van der Waals surface area contributed by atoms with Crippen molar-refractivity contribution in [3.05, 3.63) is 41.2 Å². The number of morpholine rings is 1. The van der Waals surface area contributed by atoms with Gasteiger partial charge in [-0.1, -0.05) is 12.1 Å². The number of hydrogen-bond donors (Lipinski definition) is 1. The second kappa shape index (κ2) is 7.46. The Balaban J connectivity index is 1.71. The number of nitrogens with zero attached hydrogens (tertiary/aromatic N) is 5. The van der Waals surface area contributed by atoms with Gasteiger partial charge < -0.3 is 15.0 Å². The van der Waals surface area contributed by atoms with Gasteiger partial charge in [0.15, 0.2) is 5.82 Å². The minimum absolute atomic E-state index is 0.000391. The van der Waals surface area contributed by atoms with Gasteiger partial charge in [0.1, 0.15) is 5.82 Å². The summed E-state index contributed by atoms with van der Waals surface area (Å²) in [5.74, 6) is 1.50. The van der Waals surface area contributed by atoms with Crippen LogP contribution in [0.1, 0.15) is 23.9 Å². The molecule has 2 aliphatic heterocycles. The summed E-state index contributed by atoms with van der Waals surface area (Å²) in [4.78, 5) is 24.2. The van der Waals surface area contributed by atoms with E-state index in [-0.39, 0.29) is 11.9 Å². The number of carbonyl (C=O) groups is 1. The Morgan fingerprint density at radius 1 is 1.23 bits per heavy atom. The summed E-state index contributed by atoms with van der Waals surface area (Å²) in [6, 6.07) is 8.12. The molecule has 160 valence electrons. The number of aromatic nitrogens is 4. The van der Waals surface area contributed by atoms with Gasteiger partial charge in [-0.15, -0.1) is 0 Å². The van der Waals surface area contributed by atoms with E-state index >= 15 is 0 Å². The molecule has 0 aliphatic carbocycles. The molecule has 2 aromatic heterocycles. The molecule has 1 aromatic carbocycles. The number of nitrogens with one attached hydrogen (secondary N) is 1. The molecule has 2 aliphatic rings. The third-order valence-electron chi connectivity index (χ3n) is 6.17. The molecule has 0 saturated carbocycles. The molecule has 1 N–H and O–H groups in total. The number of ether oxygens (including phenoxy) is 1. The number of rotatable bonds is 3. The first-order valence-corrected chi connectivity index (χ1v) is 10.6. The minimum atomic E-state index is -0.000391. The molecule has 31 heavy (non-hydrogen) atoms. The van der Waals surface area contributed by atoms with Gasteiger partial charge in [-0.05, 0) is 32.4 Å². The van der Waals surface area contributed by atoms with Gasteiger partial charge in [-0.2, -0.15) is 5.10 Å². The normalized spacial score (nSPS) is 18.3. The van der Waals surface area contributed by atoms with Crippen LogP contribution >= 0.6 is 0 Å². The number of hydrogen-bond acceptors (Lipinski definition) is 6. The molecule has 8 heteroatoms. The van der Waals surface area contributed by atoms with Gasteiger partial charge in [0.05, 0.1) is 37.1 Å². The summed E-state index contributed by atoms with van der Waals surface area (Å²) in [6.07, 6.45) is 0.341. The van der Waals surface area contributed by atoms with Crippen molar-refractivity contribution in [2.75, 3.05) is 30.0 Å². The van der Waals surface area contributed by atoms with Gasteiger partial charge in [0, 0.05) is 42.2 Å². The number of aryl methyl sites for hydroxylation is 2. The Morgan fingerprint density at radius 3 is 2.81 bits per heavy atom. The largest absolute Gasteiger partial charge is 0.377 e. The molecule has 1 fully saturated rings. The lowest BCUT2D eigenvalue weighted by Crippen LogP contribution is -2.44. The van der Waals surface area contributed by atoms with Crippen LogP contribution in [0.15, 0.2) is 24.3 Å². The van der Waals surface area contributed by atoms with Crippen molar-refractivity contribution in [3.63, 3.8) is 0 Å². The highest BCUT2D eigenvalue weighted by atomic mass is 16.5. The first-order valence-electron chi connectivity index (χ1n) is 10.6. The van der Waals surface area contributed by atoms with Crippen LogP contribution < -0.4 is 10.2 Å². The standard InChI is InChI=1S/C23H26N6O2/c1-13-12-31-9-8-29(13)20-11-19(22-14(2)27-28(4)15(22)3)25-23(26-20)16-6-5-7-18-17(16)10-21(30)24-18/h5-7,11,13H,8-10,12H2,1-4H3,(H,24,30)/t13-/m1/s1. The summed E-state index contributed by atoms with van der Waals surface area (Å²) in [7, 11) is 1.94. The topological polar surface area (TPSA) is 85.2 Å². The van der Waals surface area contributed by atoms with E-state index in [2.05, 4.69) is 35.2 Å². The molecule has 3 aromatic rings. The first-order chi connectivity index (χ1) is 14.9. The van der Waals surface area contributed by atoms with Gasteiger partial charge in [-0.25, -0.2) is 9.97 Å². The smallest absolute Gasteiger partial charge is 0.228 e. The first kappa shape index (κ1) is 19.7. The second-order valence-corrected chi connectivity index (χ2v) is 8.28. The quantitative estimate of drug-likeness (QED) is 0.704. The van der Waals surface area contributed by atoms with Crippen LogP contribution in [0.25, 0.3) is 22.6 Å². The summed E-state index contributed by atoms with van der Waals surface area (Å²) >= 11 is 0. The average Bonchev–Trinajstić information content (AvgIpc) is 3.25. The van der Waals surface area contributed by atoms with Gasteiger partial charge in [-0.3, -0.25) is 9.48 Å². The van der Waals surface area contributed by atoms with Crippen molar-refractivity contribution in [3.8, 4) is 22.6 Å². The van der Waals surface area contributed by atoms with E-state index < -0.39 is 0 Å². The van der Waals surface area contributed by atoms with Crippen LogP contribution in [0.5, 0.6) is 0 Å². The predicted molar refractivity (Wildman–Crippen MR) is 119 cm³/mol. The van der Waals surface area contributed by atoms with Crippen LogP contribution in [0.2, 0.25) is 0 Å². The molecule has 8 nitrogen and oxygen atoms in total. The van der Waals surface area contributed by atoms with E-state index in [1.165, 1.54) is 0 Å². The number of amides is 1. The van der Waals surface area contributed by atoms with Crippen molar-refractivity contribution in [2.24, 2.45) is 7.05 Å². The maximum atomic E-state index is 12.0. The number of fused-ring (bicyclic) bond motifs is 1. The second-order valence-electron chi connectivity index (χ2n) is 8.28. The number of carbonyl (C=O) groups excluding carboxylic acids is 1. The molecule has 5 rings (SSSR count). The molecular formula is C23H26N6O2. The van der Waals surface area contributed by atoms with Crippen molar-refractivity contribution < 1.29 is 9.53 Å². The van der Waals surface area contributed by atoms with Gasteiger partial charge in [0.25, 0.3) is 0 Å². The van der Waals surface area contributed by atoms with Crippen LogP contribution in [-0.2, 0) is 23.0 Å². The van der Waals surface area contributed by atoms with E-state index in [9.17, 15) is 4.79 Å². The summed E-state index contributed by atoms with van der Waals surface area (Å²) < 4.78 is 7.51. The van der Waals surface area contributed by atoms with Crippen LogP contribution in [0.4, 0.5) is 11.5 Å². The lowest BCUT2D eigenvalue weighted by atomic mass is 10.0. The monoisotopic (exact) mass is 418 g/mol. The zero-order chi connectivity index (χ0) is 21.7. The molecule has 1 saturated heterocycles. The Bertz CT molecular complexity index is 1190. The highest BCUT2D eigenvalue weighted by Gasteiger charge is 2.26. The van der Waals surface area contributed by atoms with Crippen molar-refractivity contribution in [1.82, 2.24) is 19.7 Å². The fourth-order valence-electron chi connectivity index (χ4n) is 4.50. The summed E-state index contributed by atoms with van der Waals surface area (Å²) in [5, 5.41) is 7.51. The highest BCUT2D eigenvalue weighted by Crippen LogP contribution is 2.35. The van der Waals surface area contributed by atoms with E-state index in [4.69, 9.17) is 14.7 Å². The summed E-state index contributed by atoms with van der Waals surface area (Å²) in [6.45, 7) is 8.31. The molecule has 1 atom stereocenters. The average molecular weight is 419 g/mol. The third kappa shape index (κ3) is 3.37. The Kier molecular flexibility index (Phi) is 4.74.